The van der Waals surface area contributed by atoms with Gasteiger partial charge >= 0.3 is 0 Å². The van der Waals surface area contributed by atoms with E-state index in [1.54, 1.807) is 12.1 Å². The summed E-state index contributed by atoms with van der Waals surface area (Å²) in [5.41, 5.74) is 4.54. The van der Waals surface area contributed by atoms with Gasteiger partial charge in [0.05, 0.1) is 23.0 Å². The molecule has 1 N–H and O–H groups in total. The third-order valence-electron chi connectivity index (χ3n) is 8.13. The second kappa shape index (κ2) is 7.19. The van der Waals surface area contributed by atoms with Crippen molar-refractivity contribution in [1.82, 2.24) is 9.78 Å². The topological polar surface area (TPSA) is 38.1 Å². The molecular weight excluding hydrogens is 375 g/mol. The van der Waals surface area contributed by atoms with Gasteiger partial charge in [-0.2, -0.15) is 5.10 Å². The Balaban J connectivity index is 1.63. The second-order valence-electron chi connectivity index (χ2n) is 9.48. The standard InChI is InChI=1S/C26H31FN2O/c1-3-25(30)12-13-26(4-2)20(16-25)7-5-6-18-15-24-19(14-23(18)26)17-28-29(24)22-10-8-21(27)9-11-22/h8-11,14-15,17,20,30H,3-7,12-13,16H2,1-2H3/t20-,25-,26-/m0/s1. The molecule has 3 aromatic rings. The maximum atomic E-state index is 13.4. The maximum absolute atomic E-state index is 13.4. The summed E-state index contributed by atoms with van der Waals surface area (Å²) in [6, 6.07) is 11.2. The Kier molecular flexibility index (Phi) is 4.73. The van der Waals surface area contributed by atoms with Gasteiger partial charge in [-0.1, -0.05) is 13.8 Å². The van der Waals surface area contributed by atoms with Gasteiger partial charge in [-0.3, -0.25) is 0 Å². The van der Waals surface area contributed by atoms with E-state index in [1.807, 2.05) is 10.9 Å². The van der Waals surface area contributed by atoms with E-state index >= 15 is 0 Å². The summed E-state index contributed by atoms with van der Waals surface area (Å²) in [5, 5.41) is 16.8. The summed E-state index contributed by atoms with van der Waals surface area (Å²) < 4.78 is 15.3. The molecule has 0 unspecified atom stereocenters. The molecule has 4 heteroatoms. The average molecular weight is 407 g/mol. The van der Waals surface area contributed by atoms with Gasteiger partial charge in [-0.05, 0) is 110 Å². The van der Waals surface area contributed by atoms with Crippen molar-refractivity contribution in [1.29, 1.82) is 0 Å². The van der Waals surface area contributed by atoms with E-state index in [0.717, 1.165) is 61.5 Å². The minimum Gasteiger partial charge on any atom is -0.390 e. The second-order valence-corrected chi connectivity index (χ2v) is 9.48. The lowest BCUT2D eigenvalue weighted by Gasteiger charge is -2.50. The molecule has 0 saturated heterocycles. The van der Waals surface area contributed by atoms with Crippen molar-refractivity contribution in [2.75, 3.05) is 0 Å². The van der Waals surface area contributed by atoms with Crippen LogP contribution in [0, 0.1) is 11.7 Å². The van der Waals surface area contributed by atoms with Gasteiger partial charge in [-0.15, -0.1) is 0 Å². The number of aliphatic hydroxyl groups is 1. The Morgan fingerprint density at radius 3 is 2.67 bits per heavy atom. The summed E-state index contributed by atoms with van der Waals surface area (Å²) in [6.07, 6.45) is 10.2. The molecule has 1 aromatic heterocycles. The van der Waals surface area contributed by atoms with E-state index in [4.69, 9.17) is 0 Å². The van der Waals surface area contributed by atoms with Crippen molar-refractivity contribution in [2.24, 2.45) is 5.92 Å². The predicted molar refractivity (Wildman–Crippen MR) is 119 cm³/mol. The van der Waals surface area contributed by atoms with E-state index in [9.17, 15) is 9.50 Å². The number of nitrogens with zero attached hydrogens (tertiary/aromatic N) is 2. The quantitative estimate of drug-likeness (QED) is 0.571. The van der Waals surface area contributed by atoms with E-state index in [2.05, 4.69) is 31.1 Å². The first-order chi connectivity index (χ1) is 14.5. The zero-order chi connectivity index (χ0) is 20.9. The number of hydrogen-bond acceptors (Lipinski definition) is 2. The van der Waals surface area contributed by atoms with Gasteiger partial charge in [0.1, 0.15) is 5.82 Å². The molecule has 5 rings (SSSR count). The number of aromatic nitrogens is 2. The SMILES string of the molecule is CC[C@]1(O)CC[C@]2(CC)c3cc4cnn(-c5ccc(F)cc5)c4cc3CCC[C@H]2C1. The Hall–Kier alpha value is -2.20. The molecule has 2 aliphatic carbocycles. The van der Waals surface area contributed by atoms with Crippen LogP contribution in [0.4, 0.5) is 4.39 Å². The number of halogens is 1. The largest absolute Gasteiger partial charge is 0.390 e. The molecular formula is C26H31FN2O. The molecule has 0 spiro atoms. The Bertz CT molecular complexity index is 1070. The third kappa shape index (κ3) is 2.99. The van der Waals surface area contributed by atoms with Crippen molar-refractivity contribution in [3.8, 4) is 5.69 Å². The fourth-order valence-electron chi connectivity index (χ4n) is 6.24. The molecule has 158 valence electrons. The van der Waals surface area contributed by atoms with Gasteiger partial charge in [-0.25, -0.2) is 9.07 Å². The summed E-state index contributed by atoms with van der Waals surface area (Å²) >= 11 is 0. The Morgan fingerprint density at radius 1 is 1.13 bits per heavy atom. The lowest BCUT2D eigenvalue weighted by atomic mass is 9.56. The molecule has 30 heavy (non-hydrogen) atoms. The molecule has 0 amide bonds. The molecule has 2 aromatic carbocycles. The number of fused-ring (bicyclic) bond motifs is 4. The van der Waals surface area contributed by atoms with Crippen LogP contribution in [-0.4, -0.2) is 20.5 Å². The van der Waals surface area contributed by atoms with Crippen LogP contribution in [0.25, 0.3) is 16.6 Å². The van der Waals surface area contributed by atoms with E-state index < -0.39 is 5.60 Å². The third-order valence-corrected chi connectivity index (χ3v) is 8.13. The van der Waals surface area contributed by atoms with E-state index in [-0.39, 0.29) is 11.2 Å². The molecule has 0 radical (unpaired) electrons. The average Bonchev–Trinajstić information content (AvgIpc) is 3.10. The normalized spacial score (nSPS) is 28.7. The lowest BCUT2D eigenvalue weighted by Crippen LogP contribution is -2.47. The molecule has 1 saturated carbocycles. The van der Waals surface area contributed by atoms with Crippen molar-refractivity contribution in [2.45, 2.75) is 76.2 Å². The van der Waals surface area contributed by atoms with Gasteiger partial charge in [0, 0.05) is 5.39 Å². The molecule has 1 fully saturated rings. The monoisotopic (exact) mass is 406 g/mol. The van der Waals surface area contributed by atoms with Crippen molar-refractivity contribution >= 4 is 10.9 Å². The van der Waals surface area contributed by atoms with Crippen molar-refractivity contribution in [3.63, 3.8) is 0 Å². The number of aryl methyl sites for hydroxylation is 1. The zero-order valence-corrected chi connectivity index (χ0v) is 18.0. The van der Waals surface area contributed by atoms with Crippen LogP contribution < -0.4 is 0 Å². The van der Waals surface area contributed by atoms with Crippen LogP contribution in [-0.2, 0) is 11.8 Å². The van der Waals surface area contributed by atoms with Crippen LogP contribution in [0.3, 0.4) is 0 Å². The van der Waals surface area contributed by atoms with Crippen molar-refractivity contribution < 1.29 is 9.50 Å². The van der Waals surface area contributed by atoms with Crippen LogP contribution >= 0.6 is 0 Å². The highest BCUT2D eigenvalue weighted by Crippen LogP contribution is 2.54. The Morgan fingerprint density at radius 2 is 1.93 bits per heavy atom. The number of rotatable bonds is 3. The molecule has 2 aliphatic rings. The van der Waals surface area contributed by atoms with Gasteiger partial charge < -0.3 is 5.11 Å². The van der Waals surface area contributed by atoms with Crippen LogP contribution in [0.15, 0.2) is 42.6 Å². The number of benzene rings is 2. The van der Waals surface area contributed by atoms with Crippen LogP contribution in [0.2, 0.25) is 0 Å². The van der Waals surface area contributed by atoms with E-state index in [1.165, 1.54) is 29.7 Å². The molecule has 3 nitrogen and oxygen atoms in total. The smallest absolute Gasteiger partial charge is 0.123 e. The van der Waals surface area contributed by atoms with Crippen molar-refractivity contribution in [3.05, 3.63) is 59.5 Å². The lowest BCUT2D eigenvalue weighted by molar-refractivity contribution is -0.0505. The minimum absolute atomic E-state index is 0.152. The highest BCUT2D eigenvalue weighted by molar-refractivity contribution is 5.82. The first-order valence-corrected chi connectivity index (χ1v) is 11.5. The van der Waals surface area contributed by atoms with Crippen LogP contribution in [0.1, 0.15) is 69.9 Å². The molecule has 0 aliphatic heterocycles. The van der Waals surface area contributed by atoms with Gasteiger partial charge in [0.15, 0.2) is 0 Å². The Labute approximate surface area is 177 Å². The van der Waals surface area contributed by atoms with Crippen LogP contribution in [0.5, 0.6) is 0 Å². The molecule has 0 bridgehead atoms. The fourth-order valence-corrected chi connectivity index (χ4v) is 6.24. The van der Waals surface area contributed by atoms with Gasteiger partial charge in [0.25, 0.3) is 0 Å². The first-order valence-electron chi connectivity index (χ1n) is 11.5. The zero-order valence-electron chi connectivity index (χ0n) is 18.0. The maximum Gasteiger partial charge on any atom is 0.123 e. The highest BCUT2D eigenvalue weighted by Gasteiger charge is 2.49. The summed E-state index contributed by atoms with van der Waals surface area (Å²) in [6.45, 7) is 4.45. The summed E-state index contributed by atoms with van der Waals surface area (Å²) in [5.74, 6) is 0.302. The van der Waals surface area contributed by atoms with E-state index in [0.29, 0.717) is 5.92 Å². The number of hydrogen-bond donors (Lipinski definition) is 1. The fraction of sp³-hybridized carbons (Fsp3) is 0.500. The summed E-state index contributed by atoms with van der Waals surface area (Å²) in [4.78, 5) is 0. The predicted octanol–water partition coefficient (Wildman–Crippen LogP) is 6.09. The minimum atomic E-state index is -0.495. The van der Waals surface area contributed by atoms with Gasteiger partial charge in [0.2, 0.25) is 0 Å². The molecule has 1 heterocycles. The first kappa shape index (κ1) is 19.7. The highest BCUT2D eigenvalue weighted by atomic mass is 19.1. The summed E-state index contributed by atoms with van der Waals surface area (Å²) in [7, 11) is 0. The molecule has 3 atom stereocenters.